The highest BCUT2D eigenvalue weighted by Crippen LogP contribution is 2.21. The highest BCUT2D eigenvalue weighted by molar-refractivity contribution is 5.89. The highest BCUT2D eigenvalue weighted by Gasteiger charge is 2.05. The van der Waals surface area contributed by atoms with Crippen LogP contribution in [-0.4, -0.2) is 15.9 Å². The van der Waals surface area contributed by atoms with Gasteiger partial charge >= 0.3 is 0 Å². The molecular formula is C19H20N4O. The van der Waals surface area contributed by atoms with Crippen LogP contribution in [0.1, 0.15) is 18.2 Å². The minimum absolute atomic E-state index is 0.0779. The van der Waals surface area contributed by atoms with Crippen LogP contribution in [0.25, 0.3) is 11.4 Å². The first-order chi connectivity index (χ1) is 11.6. The van der Waals surface area contributed by atoms with Gasteiger partial charge in [0.1, 0.15) is 5.82 Å². The Morgan fingerprint density at radius 1 is 1.17 bits per heavy atom. The number of H-pyrrole nitrogens is 1. The van der Waals surface area contributed by atoms with Crippen molar-refractivity contribution in [3.63, 3.8) is 0 Å². The summed E-state index contributed by atoms with van der Waals surface area (Å²) in [5.74, 6) is 0.780. The number of nitrogens with zero attached hydrogens (tertiary/aromatic N) is 1. The molecule has 0 fully saturated rings. The van der Waals surface area contributed by atoms with E-state index in [1.54, 1.807) is 0 Å². The van der Waals surface area contributed by atoms with Crippen molar-refractivity contribution in [1.82, 2.24) is 9.97 Å². The number of aromatic amines is 1. The van der Waals surface area contributed by atoms with Crippen molar-refractivity contribution in [1.29, 1.82) is 0 Å². The smallest absolute Gasteiger partial charge is 0.221 e. The third-order valence-corrected chi connectivity index (χ3v) is 3.70. The van der Waals surface area contributed by atoms with Crippen LogP contribution in [0.5, 0.6) is 0 Å². The zero-order valence-corrected chi connectivity index (χ0v) is 13.8. The number of rotatable bonds is 5. The molecule has 0 unspecified atom stereocenters. The Labute approximate surface area is 141 Å². The molecular weight excluding hydrogens is 300 g/mol. The van der Waals surface area contributed by atoms with Gasteiger partial charge in [0, 0.05) is 23.9 Å². The largest absolute Gasteiger partial charge is 0.379 e. The van der Waals surface area contributed by atoms with Gasteiger partial charge in [-0.3, -0.25) is 4.79 Å². The van der Waals surface area contributed by atoms with Crippen molar-refractivity contribution in [3.05, 3.63) is 66.0 Å². The average molecular weight is 320 g/mol. The van der Waals surface area contributed by atoms with E-state index in [4.69, 9.17) is 0 Å². The molecule has 1 heterocycles. The van der Waals surface area contributed by atoms with Crippen LogP contribution in [0.15, 0.2) is 54.7 Å². The van der Waals surface area contributed by atoms with E-state index in [2.05, 4.69) is 20.6 Å². The first-order valence-corrected chi connectivity index (χ1v) is 7.83. The van der Waals surface area contributed by atoms with Gasteiger partial charge in [0.2, 0.25) is 5.91 Å². The summed E-state index contributed by atoms with van der Waals surface area (Å²) < 4.78 is 0. The predicted octanol–water partition coefficient (Wildman–Crippen LogP) is 3.96. The summed E-state index contributed by atoms with van der Waals surface area (Å²) in [6, 6.07) is 15.8. The molecule has 0 aliphatic rings. The number of aryl methyl sites for hydroxylation is 1. The van der Waals surface area contributed by atoms with E-state index in [1.165, 1.54) is 6.92 Å². The minimum Gasteiger partial charge on any atom is -0.379 e. The SMILES string of the molecule is CC(=O)Nc1ccc(C)c(NCc2cnc(-c3ccccc3)[nH]2)c1. The van der Waals surface area contributed by atoms with Crippen molar-refractivity contribution in [3.8, 4) is 11.4 Å². The molecule has 1 aromatic heterocycles. The van der Waals surface area contributed by atoms with Crippen molar-refractivity contribution in [2.75, 3.05) is 10.6 Å². The molecule has 0 bridgehead atoms. The fourth-order valence-electron chi connectivity index (χ4n) is 2.48. The molecule has 3 rings (SSSR count). The van der Waals surface area contributed by atoms with E-state index in [0.29, 0.717) is 6.54 Å². The standard InChI is InChI=1S/C19H20N4O/c1-13-8-9-16(22-14(2)24)10-18(13)20-11-17-12-21-19(23-17)15-6-4-3-5-7-15/h3-10,12,20H,11H2,1-2H3,(H,21,23)(H,22,24). The number of imidazole rings is 1. The van der Waals surface area contributed by atoms with Crippen molar-refractivity contribution < 1.29 is 4.79 Å². The number of nitrogens with one attached hydrogen (secondary N) is 3. The average Bonchev–Trinajstić information content (AvgIpc) is 3.05. The van der Waals surface area contributed by atoms with Gasteiger partial charge in [0.15, 0.2) is 0 Å². The molecule has 0 spiro atoms. The van der Waals surface area contributed by atoms with E-state index >= 15 is 0 Å². The second-order valence-corrected chi connectivity index (χ2v) is 5.69. The lowest BCUT2D eigenvalue weighted by Crippen LogP contribution is -2.07. The number of carbonyl (C=O) groups excluding carboxylic acids is 1. The van der Waals surface area contributed by atoms with E-state index in [-0.39, 0.29) is 5.91 Å². The minimum atomic E-state index is -0.0779. The third kappa shape index (κ3) is 3.81. The summed E-state index contributed by atoms with van der Waals surface area (Å²) >= 11 is 0. The molecule has 122 valence electrons. The summed E-state index contributed by atoms with van der Waals surface area (Å²) in [7, 11) is 0. The van der Waals surface area contributed by atoms with Gasteiger partial charge in [-0.1, -0.05) is 36.4 Å². The quantitative estimate of drug-likeness (QED) is 0.666. The Hall–Kier alpha value is -3.08. The molecule has 0 saturated carbocycles. The van der Waals surface area contributed by atoms with Gasteiger partial charge in [-0.05, 0) is 24.6 Å². The van der Waals surface area contributed by atoms with Gasteiger partial charge in [-0.2, -0.15) is 0 Å². The van der Waals surface area contributed by atoms with E-state index < -0.39 is 0 Å². The summed E-state index contributed by atoms with van der Waals surface area (Å²) in [6.45, 7) is 4.16. The number of benzene rings is 2. The maximum Gasteiger partial charge on any atom is 0.221 e. The summed E-state index contributed by atoms with van der Waals surface area (Å²) in [6.07, 6.45) is 1.84. The van der Waals surface area contributed by atoms with E-state index in [1.807, 2.05) is 61.7 Å². The zero-order valence-electron chi connectivity index (χ0n) is 13.8. The number of anilines is 2. The topological polar surface area (TPSA) is 69.8 Å². The lowest BCUT2D eigenvalue weighted by atomic mass is 10.1. The number of hydrogen-bond donors (Lipinski definition) is 3. The van der Waals surface area contributed by atoms with Gasteiger partial charge in [-0.15, -0.1) is 0 Å². The molecule has 0 saturated heterocycles. The summed E-state index contributed by atoms with van der Waals surface area (Å²) in [5.41, 5.74) is 4.94. The molecule has 0 radical (unpaired) electrons. The van der Waals surface area contributed by atoms with E-state index in [9.17, 15) is 4.79 Å². The Bertz CT molecular complexity index is 840. The normalized spacial score (nSPS) is 10.4. The van der Waals surface area contributed by atoms with Crippen LogP contribution in [0.3, 0.4) is 0 Å². The van der Waals surface area contributed by atoms with E-state index in [0.717, 1.165) is 34.0 Å². The maximum absolute atomic E-state index is 11.2. The molecule has 3 N–H and O–H groups in total. The molecule has 1 amide bonds. The lowest BCUT2D eigenvalue weighted by Gasteiger charge is -2.11. The zero-order chi connectivity index (χ0) is 16.9. The molecule has 5 nitrogen and oxygen atoms in total. The molecule has 0 aliphatic carbocycles. The Morgan fingerprint density at radius 3 is 2.71 bits per heavy atom. The van der Waals surface area contributed by atoms with Crippen LogP contribution in [0.4, 0.5) is 11.4 Å². The fourth-order valence-corrected chi connectivity index (χ4v) is 2.48. The molecule has 5 heteroatoms. The van der Waals surface area contributed by atoms with Gasteiger partial charge in [0.05, 0.1) is 18.4 Å². The van der Waals surface area contributed by atoms with Crippen molar-refractivity contribution in [2.45, 2.75) is 20.4 Å². The van der Waals surface area contributed by atoms with Crippen molar-refractivity contribution in [2.24, 2.45) is 0 Å². The molecule has 0 atom stereocenters. The maximum atomic E-state index is 11.2. The Morgan fingerprint density at radius 2 is 1.96 bits per heavy atom. The van der Waals surface area contributed by atoms with Gasteiger partial charge in [0.25, 0.3) is 0 Å². The van der Waals surface area contributed by atoms with Crippen LogP contribution < -0.4 is 10.6 Å². The Kier molecular flexibility index (Phi) is 4.61. The third-order valence-electron chi connectivity index (χ3n) is 3.70. The number of aromatic nitrogens is 2. The molecule has 0 aliphatic heterocycles. The number of amides is 1. The summed E-state index contributed by atoms with van der Waals surface area (Å²) in [5, 5.41) is 6.18. The first-order valence-electron chi connectivity index (χ1n) is 7.83. The number of carbonyl (C=O) groups is 1. The number of hydrogen-bond acceptors (Lipinski definition) is 3. The van der Waals surface area contributed by atoms with Crippen LogP contribution in [-0.2, 0) is 11.3 Å². The predicted molar refractivity (Wildman–Crippen MR) is 96.8 cm³/mol. The second-order valence-electron chi connectivity index (χ2n) is 5.69. The molecule has 24 heavy (non-hydrogen) atoms. The fraction of sp³-hybridized carbons (Fsp3) is 0.158. The molecule has 3 aromatic rings. The summed E-state index contributed by atoms with van der Waals surface area (Å²) in [4.78, 5) is 18.9. The lowest BCUT2D eigenvalue weighted by molar-refractivity contribution is -0.114. The van der Waals surface area contributed by atoms with Gasteiger partial charge < -0.3 is 15.6 Å². The Balaban J connectivity index is 1.70. The highest BCUT2D eigenvalue weighted by atomic mass is 16.1. The van der Waals surface area contributed by atoms with Crippen molar-refractivity contribution >= 4 is 17.3 Å². The first kappa shape index (κ1) is 15.8. The van der Waals surface area contributed by atoms with Crippen LogP contribution in [0.2, 0.25) is 0 Å². The van der Waals surface area contributed by atoms with Crippen LogP contribution >= 0.6 is 0 Å². The monoisotopic (exact) mass is 320 g/mol. The van der Waals surface area contributed by atoms with Gasteiger partial charge in [-0.25, -0.2) is 4.98 Å². The van der Waals surface area contributed by atoms with Crippen LogP contribution in [0, 0.1) is 6.92 Å². The second kappa shape index (κ2) is 7.00. The molecule has 2 aromatic carbocycles.